The Balaban J connectivity index is 1.84. The van der Waals surface area contributed by atoms with Gasteiger partial charge in [-0.25, -0.2) is 4.98 Å². The lowest BCUT2D eigenvalue weighted by molar-refractivity contribution is 0.326. The number of fused-ring (bicyclic) bond motifs is 1. The van der Waals surface area contributed by atoms with Crippen molar-refractivity contribution in [1.82, 2.24) is 9.66 Å². The Hall–Kier alpha value is -2.16. The van der Waals surface area contributed by atoms with Gasteiger partial charge in [0, 0.05) is 20.4 Å². The SMILES string of the molecule is C=CCOc1c(OC)cc(C=Nn2c(C3CCCCC3)nc3ccc(Br)cc3c2=O)c(Br)c1Cl. The van der Waals surface area contributed by atoms with Crippen molar-refractivity contribution in [1.29, 1.82) is 0 Å². The molecule has 1 heterocycles. The van der Waals surface area contributed by atoms with Crippen LogP contribution < -0.4 is 15.0 Å². The minimum atomic E-state index is -0.205. The highest BCUT2D eigenvalue weighted by molar-refractivity contribution is 9.10. The van der Waals surface area contributed by atoms with E-state index in [2.05, 4.69) is 43.5 Å². The summed E-state index contributed by atoms with van der Waals surface area (Å²) < 4.78 is 14.0. The van der Waals surface area contributed by atoms with Crippen LogP contribution in [-0.2, 0) is 0 Å². The number of rotatable bonds is 7. The standard InChI is InChI=1S/C25H24Br2ClN3O3/c1-3-11-34-23-20(33-2)12-16(21(27)22(23)28)14-29-31-24(15-7-5-4-6-8-15)30-19-10-9-17(26)13-18(19)25(31)32/h3,9-10,12-15H,1,4-8,11H2,2H3. The van der Waals surface area contributed by atoms with Crippen molar-refractivity contribution in [2.45, 2.75) is 38.0 Å². The van der Waals surface area contributed by atoms with E-state index in [0.29, 0.717) is 43.3 Å². The zero-order chi connectivity index (χ0) is 24.2. The normalized spacial score (nSPS) is 14.6. The zero-order valence-corrected chi connectivity index (χ0v) is 22.6. The molecule has 4 rings (SSSR count). The minimum absolute atomic E-state index is 0.183. The third kappa shape index (κ3) is 5.09. The van der Waals surface area contributed by atoms with E-state index in [1.807, 2.05) is 12.1 Å². The number of aromatic nitrogens is 2. The quantitative estimate of drug-likeness (QED) is 0.212. The van der Waals surface area contributed by atoms with Gasteiger partial charge in [-0.05, 0) is 53.0 Å². The van der Waals surface area contributed by atoms with E-state index in [-0.39, 0.29) is 18.1 Å². The number of hydrogen-bond donors (Lipinski definition) is 0. The third-order valence-corrected chi connectivity index (χ3v) is 7.77. The first-order chi connectivity index (χ1) is 16.4. The lowest BCUT2D eigenvalue weighted by Gasteiger charge is -2.22. The Morgan fingerprint density at radius 3 is 2.74 bits per heavy atom. The van der Waals surface area contributed by atoms with Crippen LogP contribution in [0.1, 0.15) is 49.4 Å². The van der Waals surface area contributed by atoms with E-state index in [4.69, 9.17) is 26.1 Å². The third-order valence-electron chi connectivity index (χ3n) is 5.84. The first kappa shape index (κ1) is 24.9. The molecule has 1 saturated carbocycles. The van der Waals surface area contributed by atoms with Crippen LogP contribution in [0, 0.1) is 0 Å². The van der Waals surface area contributed by atoms with Crippen LogP contribution in [0.3, 0.4) is 0 Å². The Kier molecular flexibility index (Phi) is 8.11. The van der Waals surface area contributed by atoms with Gasteiger partial charge in [-0.1, -0.05) is 59.4 Å². The number of hydrogen-bond acceptors (Lipinski definition) is 5. The minimum Gasteiger partial charge on any atom is -0.493 e. The molecule has 178 valence electrons. The van der Waals surface area contributed by atoms with Gasteiger partial charge in [0.15, 0.2) is 11.5 Å². The summed E-state index contributed by atoms with van der Waals surface area (Å²) in [6.07, 6.45) is 8.64. The lowest BCUT2D eigenvalue weighted by Crippen LogP contribution is -2.25. The highest BCUT2D eigenvalue weighted by Crippen LogP contribution is 2.42. The molecule has 0 atom stereocenters. The summed E-state index contributed by atoms with van der Waals surface area (Å²) in [4.78, 5) is 18.4. The molecule has 1 fully saturated rings. The van der Waals surface area contributed by atoms with Gasteiger partial charge in [0.05, 0.1) is 24.2 Å². The molecule has 0 N–H and O–H groups in total. The van der Waals surface area contributed by atoms with Gasteiger partial charge in [-0.3, -0.25) is 4.79 Å². The second kappa shape index (κ2) is 11.1. The van der Waals surface area contributed by atoms with Crippen molar-refractivity contribution in [3.63, 3.8) is 0 Å². The fraction of sp³-hybridized carbons (Fsp3) is 0.320. The molecule has 0 saturated heterocycles. The van der Waals surface area contributed by atoms with Crippen LogP contribution in [0.15, 0.2) is 55.8 Å². The topological polar surface area (TPSA) is 65.7 Å². The van der Waals surface area contributed by atoms with Crippen LogP contribution in [0.4, 0.5) is 0 Å². The first-order valence-electron chi connectivity index (χ1n) is 11.0. The molecular weight excluding hydrogens is 586 g/mol. The lowest BCUT2D eigenvalue weighted by atomic mass is 9.88. The second-order valence-corrected chi connectivity index (χ2v) is 10.1. The van der Waals surface area contributed by atoms with Crippen LogP contribution in [0.5, 0.6) is 11.5 Å². The van der Waals surface area contributed by atoms with Crippen LogP contribution in [-0.4, -0.2) is 29.6 Å². The van der Waals surface area contributed by atoms with Crippen LogP contribution in [0.2, 0.25) is 5.02 Å². The molecule has 9 heteroatoms. The maximum atomic E-state index is 13.5. The fourth-order valence-corrected chi connectivity index (χ4v) is 5.16. The maximum absolute atomic E-state index is 13.5. The second-order valence-electron chi connectivity index (χ2n) is 8.05. The highest BCUT2D eigenvalue weighted by Gasteiger charge is 2.23. The van der Waals surface area contributed by atoms with Gasteiger partial charge < -0.3 is 9.47 Å². The largest absolute Gasteiger partial charge is 0.493 e. The number of ether oxygens (including phenoxy) is 2. The van der Waals surface area contributed by atoms with Gasteiger partial charge in [0.2, 0.25) is 0 Å². The van der Waals surface area contributed by atoms with Gasteiger partial charge in [0.25, 0.3) is 5.56 Å². The number of nitrogens with zero attached hydrogens (tertiary/aromatic N) is 3. The summed E-state index contributed by atoms with van der Waals surface area (Å²) in [6.45, 7) is 3.95. The average Bonchev–Trinajstić information content (AvgIpc) is 2.85. The molecule has 0 bridgehead atoms. The van der Waals surface area contributed by atoms with Crippen molar-refractivity contribution >= 4 is 60.6 Å². The molecule has 0 amide bonds. The van der Waals surface area contributed by atoms with E-state index in [1.165, 1.54) is 18.2 Å². The van der Waals surface area contributed by atoms with Crippen LogP contribution in [0.25, 0.3) is 10.9 Å². The van der Waals surface area contributed by atoms with E-state index >= 15 is 0 Å². The maximum Gasteiger partial charge on any atom is 0.282 e. The molecule has 3 aromatic rings. The van der Waals surface area contributed by atoms with Gasteiger partial charge in [-0.15, -0.1) is 0 Å². The summed E-state index contributed by atoms with van der Waals surface area (Å²) in [6, 6.07) is 7.30. The average molecular weight is 610 g/mol. The molecule has 34 heavy (non-hydrogen) atoms. The molecule has 2 aromatic carbocycles. The fourth-order valence-electron chi connectivity index (χ4n) is 4.15. The van der Waals surface area contributed by atoms with E-state index in [1.54, 1.807) is 24.4 Å². The zero-order valence-electron chi connectivity index (χ0n) is 18.7. The van der Waals surface area contributed by atoms with E-state index < -0.39 is 0 Å². The summed E-state index contributed by atoms with van der Waals surface area (Å²) >= 11 is 13.5. The smallest absolute Gasteiger partial charge is 0.282 e. The Bertz CT molecular complexity index is 1320. The number of methoxy groups -OCH3 is 1. The summed E-state index contributed by atoms with van der Waals surface area (Å²) in [5, 5.41) is 5.46. The van der Waals surface area contributed by atoms with Gasteiger partial charge >= 0.3 is 0 Å². The monoisotopic (exact) mass is 607 g/mol. The molecule has 1 aliphatic rings. The molecule has 0 spiro atoms. The summed E-state index contributed by atoms with van der Waals surface area (Å²) in [7, 11) is 1.54. The molecular formula is C25H24Br2ClN3O3. The Morgan fingerprint density at radius 1 is 1.26 bits per heavy atom. The predicted molar refractivity (Wildman–Crippen MR) is 144 cm³/mol. The van der Waals surface area contributed by atoms with Gasteiger partial charge in [0.1, 0.15) is 17.5 Å². The highest BCUT2D eigenvalue weighted by atomic mass is 79.9. The molecule has 0 radical (unpaired) electrons. The molecule has 0 aliphatic heterocycles. The summed E-state index contributed by atoms with van der Waals surface area (Å²) in [5.41, 5.74) is 1.11. The van der Waals surface area contributed by atoms with Gasteiger partial charge in [-0.2, -0.15) is 9.78 Å². The predicted octanol–water partition coefficient (Wildman–Crippen LogP) is 7.08. The molecule has 0 unspecified atom stereocenters. The van der Waals surface area contributed by atoms with Crippen molar-refractivity contribution in [3.05, 3.63) is 72.6 Å². The molecule has 1 aromatic heterocycles. The number of benzene rings is 2. The Labute approximate surface area is 219 Å². The van der Waals surface area contributed by atoms with Crippen molar-refractivity contribution in [2.24, 2.45) is 5.10 Å². The molecule has 6 nitrogen and oxygen atoms in total. The first-order valence-corrected chi connectivity index (χ1v) is 13.0. The van der Waals surface area contributed by atoms with Crippen molar-refractivity contribution in [2.75, 3.05) is 13.7 Å². The van der Waals surface area contributed by atoms with Crippen LogP contribution >= 0.6 is 43.5 Å². The van der Waals surface area contributed by atoms with Crippen molar-refractivity contribution in [3.8, 4) is 11.5 Å². The summed E-state index contributed by atoms with van der Waals surface area (Å²) in [5.74, 6) is 1.74. The van der Waals surface area contributed by atoms with E-state index in [9.17, 15) is 4.79 Å². The Morgan fingerprint density at radius 2 is 2.03 bits per heavy atom. The van der Waals surface area contributed by atoms with Crippen molar-refractivity contribution < 1.29 is 9.47 Å². The van der Waals surface area contributed by atoms with E-state index in [0.717, 1.165) is 30.2 Å². The number of halogens is 3. The molecule has 1 aliphatic carbocycles.